The zero-order chi connectivity index (χ0) is 13.6. The molecule has 0 aromatic heterocycles. The van der Waals surface area contributed by atoms with Gasteiger partial charge in [0.05, 0.1) is 0 Å². The third-order valence-corrected chi connectivity index (χ3v) is 2.96. The van der Waals surface area contributed by atoms with Crippen molar-refractivity contribution in [3.8, 4) is 0 Å². The Morgan fingerprint density at radius 3 is 0.882 bits per heavy atom. The number of ketones is 4. The molecule has 4 nitrogen and oxygen atoms in total. The van der Waals surface area contributed by atoms with Crippen LogP contribution in [0.25, 0.3) is 0 Å². The molecule has 0 amide bonds. The molecule has 0 heterocycles. The van der Waals surface area contributed by atoms with Crippen LogP contribution in [0.3, 0.4) is 0 Å². The van der Waals surface area contributed by atoms with Crippen LogP contribution in [-0.2, 0) is 19.2 Å². The Kier molecular flexibility index (Phi) is 5.93. The first-order chi connectivity index (χ1) is 7.93. The molecule has 0 aliphatic carbocycles. The lowest BCUT2D eigenvalue weighted by Gasteiger charge is -2.26. The summed E-state index contributed by atoms with van der Waals surface area (Å²) in [5.41, 5.74) is -2.02. The first-order valence-corrected chi connectivity index (χ1v) is 6.06. The summed E-state index contributed by atoms with van der Waals surface area (Å²) in [5, 5.41) is 0. The van der Waals surface area contributed by atoms with Crippen molar-refractivity contribution in [2.75, 3.05) is 0 Å². The zero-order valence-electron chi connectivity index (χ0n) is 11.0. The van der Waals surface area contributed by atoms with Gasteiger partial charge in [-0.1, -0.05) is 27.7 Å². The van der Waals surface area contributed by atoms with E-state index in [-0.39, 0.29) is 25.7 Å². The summed E-state index contributed by atoms with van der Waals surface area (Å²) in [6.45, 7) is 6.25. The number of hydrogen-bond donors (Lipinski definition) is 0. The maximum absolute atomic E-state index is 12.0. The molecule has 0 fully saturated rings. The number of carbonyl (C=O) groups is 4. The van der Waals surface area contributed by atoms with Gasteiger partial charge in [-0.25, -0.2) is 0 Å². The zero-order valence-corrected chi connectivity index (χ0v) is 11.0. The standard InChI is InChI=1S/C13H20O4/c1-5-9(14)13(10(15)6-2,11(16)7-3)12(17)8-4/h5-8H2,1-4H3. The molecule has 0 radical (unpaired) electrons. The number of rotatable bonds is 8. The average molecular weight is 240 g/mol. The maximum Gasteiger partial charge on any atom is 0.203 e. The predicted molar refractivity (Wildman–Crippen MR) is 63.6 cm³/mol. The number of hydrogen-bond acceptors (Lipinski definition) is 4. The van der Waals surface area contributed by atoms with Gasteiger partial charge in [0.2, 0.25) is 5.41 Å². The van der Waals surface area contributed by atoms with E-state index in [9.17, 15) is 19.2 Å². The maximum atomic E-state index is 12.0. The molecule has 4 heteroatoms. The van der Waals surface area contributed by atoms with Crippen LogP contribution in [0.15, 0.2) is 0 Å². The second-order valence-corrected chi connectivity index (χ2v) is 3.86. The third kappa shape index (κ3) is 2.51. The molecule has 0 aromatic rings. The normalized spacial score (nSPS) is 11.1. The lowest BCUT2D eigenvalue weighted by molar-refractivity contribution is -0.154. The van der Waals surface area contributed by atoms with Crippen molar-refractivity contribution in [3.63, 3.8) is 0 Å². The molecule has 0 spiro atoms. The fraction of sp³-hybridized carbons (Fsp3) is 0.692. The van der Waals surface area contributed by atoms with Crippen molar-refractivity contribution in [1.82, 2.24) is 0 Å². The Bertz CT molecular complexity index is 272. The van der Waals surface area contributed by atoms with Crippen LogP contribution >= 0.6 is 0 Å². The van der Waals surface area contributed by atoms with Crippen LogP contribution in [0.4, 0.5) is 0 Å². The van der Waals surface area contributed by atoms with Crippen LogP contribution in [0.5, 0.6) is 0 Å². The summed E-state index contributed by atoms with van der Waals surface area (Å²) in [5.74, 6) is -2.27. The van der Waals surface area contributed by atoms with E-state index >= 15 is 0 Å². The van der Waals surface area contributed by atoms with Crippen LogP contribution in [0.2, 0.25) is 0 Å². The van der Waals surface area contributed by atoms with Gasteiger partial charge in [-0.3, -0.25) is 19.2 Å². The molecule has 0 aliphatic rings. The van der Waals surface area contributed by atoms with E-state index in [1.165, 1.54) is 0 Å². The molecule has 0 saturated heterocycles. The summed E-state index contributed by atoms with van der Waals surface area (Å²) in [6, 6.07) is 0. The molecule has 0 unspecified atom stereocenters. The largest absolute Gasteiger partial charge is 0.298 e. The van der Waals surface area contributed by atoms with Gasteiger partial charge in [0.15, 0.2) is 23.1 Å². The van der Waals surface area contributed by atoms with Crippen molar-refractivity contribution in [1.29, 1.82) is 0 Å². The second kappa shape index (κ2) is 6.42. The monoisotopic (exact) mass is 240 g/mol. The highest BCUT2D eigenvalue weighted by molar-refractivity contribution is 6.38. The van der Waals surface area contributed by atoms with E-state index in [1.807, 2.05) is 0 Å². The topological polar surface area (TPSA) is 68.3 Å². The van der Waals surface area contributed by atoms with Crippen LogP contribution in [0, 0.1) is 5.41 Å². The quantitative estimate of drug-likeness (QED) is 0.607. The molecule has 0 N–H and O–H groups in total. The van der Waals surface area contributed by atoms with E-state index in [2.05, 4.69) is 0 Å². The summed E-state index contributed by atoms with van der Waals surface area (Å²) < 4.78 is 0. The minimum absolute atomic E-state index is 0.0171. The molecule has 0 atom stereocenters. The molecule has 0 aromatic carbocycles. The highest BCUT2D eigenvalue weighted by Crippen LogP contribution is 2.29. The molecule has 0 aliphatic heterocycles. The summed E-state index contributed by atoms with van der Waals surface area (Å²) >= 11 is 0. The number of Topliss-reactive ketones (excluding diaryl/α,β-unsaturated/α-hetero) is 4. The molecule has 96 valence electrons. The van der Waals surface area contributed by atoms with Gasteiger partial charge in [-0.15, -0.1) is 0 Å². The van der Waals surface area contributed by atoms with Gasteiger partial charge >= 0.3 is 0 Å². The molecule has 0 rings (SSSR count). The van der Waals surface area contributed by atoms with Gasteiger partial charge in [-0.2, -0.15) is 0 Å². The third-order valence-electron chi connectivity index (χ3n) is 2.96. The lowest BCUT2D eigenvalue weighted by Crippen LogP contribution is -2.52. The van der Waals surface area contributed by atoms with Crippen LogP contribution in [-0.4, -0.2) is 23.1 Å². The van der Waals surface area contributed by atoms with Crippen LogP contribution in [0.1, 0.15) is 53.4 Å². The average Bonchev–Trinajstić information content (AvgIpc) is 2.37. The summed E-state index contributed by atoms with van der Waals surface area (Å²) in [6.07, 6.45) is 0.0683. The molecule has 0 bridgehead atoms. The van der Waals surface area contributed by atoms with E-state index in [0.717, 1.165) is 0 Å². The molecule has 17 heavy (non-hydrogen) atoms. The Balaban J connectivity index is 5.88. The first kappa shape index (κ1) is 15.7. The Morgan fingerprint density at radius 2 is 0.765 bits per heavy atom. The minimum Gasteiger partial charge on any atom is -0.298 e. The fourth-order valence-corrected chi connectivity index (χ4v) is 1.99. The Labute approximate surface area is 102 Å². The molecular formula is C13H20O4. The summed E-state index contributed by atoms with van der Waals surface area (Å²) in [7, 11) is 0. The molecule has 0 saturated carbocycles. The highest BCUT2D eigenvalue weighted by atomic mass is 16.2. The number of carbonyl (C=O) groups excluding carboxylic acids is 4. The Hall–Kier alpha value is -1.32. The summed E-state index contributed by atoms with van der Waals surface area (Å²) in [4.78, 5) is 47.9. The minimum atomic E-state index is -2.02. The van der Waals surface area contributed by atoms with E-state index < -0.39 is 28.5 Å². The van der Waals surface area contributed by atoms with Gasteiger partial charge < -0.3 is 0 Å². The predicted octanol–water partition coefficient (Wildman–Crippen LogP) is 1.89. The highest BCUT2D eigenvalue weighted by Gasteiger charge is 2.53. The van der Waals surface area contributed by atoms with Gasteiger partial charge in [-0.05, 0) is 0 Å². The van der Waals surface area contributed by atoms with Crippen molar-refractivity contribution < 1.29 is 19.2 Å². The van der Waals surface area contributed by atoms with Crippen molar-refractivity contribution in [2.24, 2.45) is 5.41 Å². The second-order valence-electron chi connectivity index (χ2n) is 3.86. The van der Waals surface area contributed by atoms with Crippen molar-refractivity contribution >= 4 is 23.1 Å². The van der Waals surface area contributed by atoms with Gasteiger partial charge in [0.25, 0.3) is 0 Å². The lowest BCUT2D eigenvalue weighted by atomic mass is 9.69. The van der Waals surface area contributed by atoms with Crippen molar-refractivity contribution in [3.05, 3.63) is 0 Å². The van der Waals surface area contributed by atoms with Crippen molar-refractivity contribution in [2.45, 2.75) is 53.4 Å². The fourth-order valence-electron chi connectivity index (χ4n) is 1.99. The van der Waals surface area contributed by atoms with E-state index in [4.69, 9.17) is 0 Å². The smallest absolute Gasteiger partial charge is 0.203 e. The van der Waals surface area contributed by atoms with Gasteiger partial charge in [0.1, 0.15) is 0 Å². The Morgan fingerprint density at radius 1 is 0.588 bits per heavy atom. The molecular weight excluding hydrogens is 220 g/mol. The van der Waals surface area contributed by atoms with Gasteiger partial charge in [0, 0.05) is 25.7 Å². The van der Waals surface area contributed by atoms with Crippen LogP contribution < -0.4 is 0 Å². The van der Waals surface area contributed by atoms with E-state index in [0.29, 0.717) is 0 Å². The first-order valence-electron chi connectivity index (χ1n) is 6.06. The van der Waals surface area contributed by atoms with E-state index in [1.54, 1.807) is 27.7 Å². The SMILES string of the molecule is CCC(=O)C(C(=O)CC)(C(=O)CC)C(=O)CC.